The summed E-state index contributed by atoms with van der Waals surface area (Å²) in [6.45, 7) is 7.24. The van der Waals surface area contributed by atoms with E-state index in [-0.39, 0.29) is 6.04 Å². The molecule has 1 saturated heterocycles. The van der Waals surface area contributed by atoms with Gasteiger partial charge in [0.2, 0.25) is 0 Å². The fraction of sp³-hybridized carbons (Fsp3) is 1.00. The zero-order valence-corrected chi connectivity index (χ0v) is 10.2. The van der Waals surface area contributed by atoms with Gasteiger partial charge >= 0.3 is 0 Å². The van der Waals surface area contributed by atoms with Gasteiger partial charge in [0.15, 0.2) is 0 Å². The predicted octanol–water partition coefficient (Wildman–Crippen LogP) is 1.52. The summed E-state index contributed by atoms with van der Waals surface area (Å²) >= 11 is 0. The molecule has 1 rings (SSSR count). The second-order valence-corrected chi connectivity index (χ2v) is 5.04. The molecule has 0 radical (unpaired) electrons. The second kappa shape index (κ2) is 7.20. The van der Waals surface area contributed by atoms with Gasteiger partial charge in [-0.25, -0.2) is 0 Å². The third kappa shape index (κ3) is 6.13. The molecule has 0 bridgehead atoms. The first-order valence-electron chi connectivity index (χ1n) is 6.26. The van der Waals surface area contributed by atoms with E-state index in [0.717, 1.165) is 26.1 Å². The Kier molecular flexibility index (Phi) is 6.22. The van der Waals surface area contributed by atoms with Gasteiger partial charge in [-0.1, -0.05) is 13.8 Å². The van der Waals surface area contributed by atoms with Gasteiger partial charge in [0.25, 0.3) is 0 Å². The summed E-state index contributed by atoms with van der Waals surface area (Å²) in [5, 5.41) is 3.41. The van der Waals surface area contributed by atoms with E-state index in [1.807, 2.05) is 0 Å². The number of hydrogen-bond donors (Lipinski definition) is 2. The normalized spacial score (nSPS) is 24.4. The smallest absolute Gasteiger partial charge is 0.0699 e. The Morgan fingerprint density at radius 3 is 2.80 bits per heavy atom. The molecule has 0 aliphatic carbocycles. The monoisotopic (exact) mass is 214 g/mol. The lowest BCUT2D eigenvalue weighted by Gasteiger charge is -2.23. The summed E-state index contributed by atoms with van der Waals surface area (Å²) < 4.78 is 5.64. The van der Waals surface area contributed by atoms with Crippen molar-refractivity contribution in [1.29, 1.82) is 0 Å². The van der Waals surface area contributed by atoms with Crippen molar-refractivity contribution < 1.29 is 4.74 Å². The molecule has 1 heterocycles. The van der Waals surface area contributed by atoms with E-state index in [1.165, 1.54) is 19.3 Å². The van der Waals surface area contributed by atoms with Crippen LogP contribution in [0.5, 0.6) is 0 Å². The predicted molar refractivity (Wildman–Crippen MR) is 63.9 cm³/mol. The maximum absolute atomic E-state index is 5.99. The maximum atomic E-state index is 5.99. The summed E-state index contributed by atoms with van der Waals surface area (Å²) in [5.41, 5.74) is 5.99. The first-order chi connectivity index (χ1) is 7.18. The number of nitrogens with one attached hydrogen (secondary N) is 1. The minimum atomic E-state index is 0.286. The van der Waals surface area contributed by atoms with Crippen molar-refractivity contribution in [3.05, 3.63) is 0 Å². The Labute approximate surface area is 93.8 Å². The molecule has 3 nitrogen and oxygen atoms in total. The summed E-state index contributed by atoms with van der Waals surface area (Å²) in [6.07, 6.45) is 5.25. The van der Waals surface area contributed by atoms with Crippen molar-refractivity contribution in [2.75, 3.05) is 19.7 Å². The third-order valence-corrected chi connectivity index (χ3v) is 2.83. The molecule has 2 unspecified atom stereocenters. The van der Waals surface area contributed by atoms with Crippen LogP contribution in [0.1, 0.15) is 39.5 Å². The van der Waals surface area contributed by atoms with Crippen LogP contribution >= 0.6 is 0 Å². The molecule has 3 heteroatoms. The highest BCUT2D eigenvalue weighted by Crippen LogP contribution is 2.11. The van der Waals surface area contributed by atoms with E-state index in [0.29, 0.717) is 12.0 Å². The van der Waals surface area contributed by atoms with Crippen LogP contribution in [0.25, 0.3) is 0 Å². The van der Waals surface area contributed by atoms with E-state index < -0.39 is 0 Å². The number of ether oxygens (including phenoxy) is 1. The van der Waals surface area contributed by atoms with E-state index in [2.05, 4.69) is 19.2 Å². The quantitative estimate of drug-likeness (QED) is 0.705. The van der Waals surface area contributed by atoms with Crippen LogP contribution in [0.15, 0.2) is 0 Å². The SMILES string of the molecule is CC(C)CC(N)CNCC1CCCCO1. The topological polar surface area (TPSA) is 47.3 Å². The van der Waals surface area contributed by atoms with Crippen LogP contribution in [-0.2, 0) is 4.74 Å². The summed E-state index contributed by atoms with van der Waals surface area (Å²) in [6, 6.07) is 0.286. The Bertz CT molecular complexity index is 156. The zero-order chi connectivity index (χ0) is 11.1. The molecular formula is C12H26N2O. The molecular weight excluding hydrogens is 188 g/mol. The first kappa shape index (κ1) is 12.9. The van der Waals surface area contributed by atoms with Crippen molar-refractivity contribution in [3.8, 4) is 0 Å². The molecule has 0 aromatic heterocycles. The summed E-state index contributed by atoms with van der Waals surface area (Å²) in [4.78, 5) is 0. The van der Waals surface area contributed by atoms with Gasteiger partial charge in [-0.05, 0) is 31.6 Å². The van der Waals surface area contributed by atoms with Crippen molar-refractivity contribution in [2.24, 2.45) is 11.7 Å². The molecule has 2 atom stereocenters. The van der Waals surface area contributed by atoms with Gasteiger partial charge in [0.05, 0.1) is 6.10 Å². The highest BCUT2D eigenvalue weighted by atomic mass is 16.5. The summed E-state index contributed by atoms with van der Waals surface area (Å²) in [7, 11) is 0. The Morgan fingerprint density at radius 2 is 2.20 bits per heavy atom. The van der Waals surface area contributed by atoms with Crippen LogP contribution in [0.4, 0.5) is 0 Å². The largest absolute Gasteiger partial charge is 0.377 e. The van der Waals surface area contributed by atoms with E-state index in [9.17, 15) is 0 Å². The fourth-order valence-corrected chi connectivity index (χ4v) is 2.09. The lowest BCUT2D eigenvalue weighted by atomic mass is 10.0. The number of rotatable bonds is 6. The first-order valence-corrected chi connectivity index (χ1v) is 6.26. The van der Waals surface area contributed by atoms with Gasteiger partial charge in [-0.3, -0.25) is 0 Å². The van der Waals surface area contributed by atoms with Crippen LogP contribution in [0, 0.1) is 5.92 Å². The Hall–Kier alpha value is -0.120. The van der Waals surface area contributed by atoms with Crippen LogP contribution in [0.2, 0.25) is 0 Å². The van der Waals surface area contributed by atoms with Crippen LogP contribution in [0.3, 0.4) is 0 Å². The molecule has 0 aromatic carbocycles. The highest BCUT2D eigenvalue weighted by Gasteiger charge is 2.13. The lowest BCUT2D eigenvalue weighted by molar-refractivity contribution is 0.0168. The molecule has 0 aromatic rings. The van der Waals surface area contributed by atoms with E-state index in [4.69, 9.17) is 10.5 Å². The van der Waals surface area contributed by atoms with Gasteiger partial charge in [-0.2, -0.15) is 0 Å². The highest BCUT2D eigenvalue weighted by molar-refractivity contribution is 4.70. The third-order valence-electron chi connectivity index (χ3n) is 2.83. The molecule has 1 aliphatic rings. The van der Waals surface area contributed by atoms with Crippen molar-refractivity contribution in [1.82, 2.24) is 5.32 Å². The molecule has 0 saturated carbocycles. The Balaban J connectivity index is 1.99. The molecule has 0 amide bonds. The van der Waals surface area contributed by atoms with Crippen molar-refractivity contribution in [3.63, 3.8) is 0 Å². The van der Waals surface area contributed by atoms with E-state index in [1.54, 1.807) is 0 Å². The average molecular weight is 214 g/mol. The van der Waals surface area contributed by atoms with Crippen molar-refractivity contribution in [2.45, 2.75) is 51.7 Å². The average Bonchev–Trinajstić information content (AvgIpc) is 2.18. The van der Waals surface area contributed by atoms with Gasteiger partial charge in [0.1, 0.15) is 0 Å². The maximum Gasteiger partial charge on any atom is 0.0699 e. The van der Waals surface area contributed by atoms with Crippen molar-refractivity contribution >= 4 is 0 Å². The number of nitrogens with two attached hydrogens (primary N) is 1. The molecule has 15 heavy (non-hydrogen) atoms. The molecule has 1 aliphatic heterocycles. The van der Waals surface area contributed by atoms with Gasteiger partial charge in [-0.15, -0.1) is 0 Å². The molecule has 90 valence electrons. The second-order valence-electron chi connectivity index (χ2n) is 5.04. The van der Waals surface area contributed by atoms with Gasteiger partial charge in [0, 0.05) is 25.7 Å². The molecule has 0 spiro atoms. The standard InChI is InChI=1S/C12H26N2O/c1-10(2)7-11(13)8-14-9-12-5-3-4-6-15-12/h10-12,14H,3-9,13H2,1-2H3. The number of hydrogen-bond acceptors (Lipinski definition) is 3. The molecule has 3 N–H and O–H groups in total. The fourth-order valence-electron chi connectivity index (χ4n) is 2.09. The minimum absolute atomic E-state index is 0.286. The zero-order valence-electron chi connectivity index (χ0n) is 10.2. The van der Waals surface area contributed by atoms with Gasteiger partial charge < -0.3 is 15.8 Å². The minimum Gasteiger partial charge on any atom is -0.377 e. The van der Waals surface area contributed by atoms with E-state index >= 15 is 0 Å². The van der Waals surface area contributed by atoms with Crippen LogP contribution < -0.4 is 11.1 Å². The molecule has 1 fully saturated rings. The van der Waals surface area contributed by atoms with Crippen LogP contribution in [-0.4, -0.2) is 31.8 Å². The lowest BCUT2D eigenvalue weighted by Crippen LogP contribution is -2.39. The summed E-state index contributed by atoms with van der Waals surface area (Å²) in [5.74, 6) is 0.688. The Morgan fingerprint density at radius 1 is 1.40 bits per heavy atom.